The van der Waals surface area contributed by atoms with Gasteiger partial charge in [-0.3, -0.25) is 4.31 Å². The van der Waals surface area contributed by atoms with E-state index in [4.69, 9.17) is 9.47 Å². The van der Waals surface area contributed by atoms with Crippen molar-refractivity contribution in [2.24, 2.45) is 0 Å². The van der Waals surface area contributed by atoms with Gasteiger partial charge in [0, 0.05) is 0 Å². The van der Waals surface area contributed by atoms with E-state index in [0.29, 0.717) is 17.2 Å². The summed E-state index contributed by atoms with van der Waals surface area (Å²) in [5.41, 5.74) is 0.345. The zero-order valence-corrected chi connectivity index (χ0v) is 16.8. The molecule has 29 heavy (non-hydrogen) atoms. The van der Waals surface area contributed by atoms with Gasteiger partial charge in [0.1, 0.15) is 24.2 Å². The fraction of sp³-hybridized carbons (Fsp3) is 0.182. The molecular formula is C22H23NO5S. The Labute approximate surface area is 171 Å². The quantitative estimate of drug-likeness (QED) is 0.582. The molecule has 7 heteroatoms. The minimum atomic E-state index is -3.93. The van der Waals surface area contributed by atoms with E-state index in [1.165, 1.54) is 19.2 Å². The number of hydrogen-bond donors (Lipinski definition) is 1. The molecule has 0 fully saturated rings. The lowest BCUT2D eigenvalue weighted by atomic mass is 10.2. The molecule has 0 radical (unpaired) electrons. The van der Waals surface area contributed by atoms with E-state index in [1.54, 1.807) is 54.6 Å². The third-order valence-corrected chi connectivity index (χ3v) is 6.04. The number of nitrogens with zero attached hydrogens (tertiary/aromatic N) is 1. The highest BCUT2D eigenvalue weighted by Crippen LogP contribution is 2.32. The lowest BCUT2D eigenvalue weighted by molar-refractivity contribution is 0.115. The van der Waals surface area contributed by atoms with Crippen molar-refractivity contribution in [1.82, 2.24) is 0 Å². The van der Waals surface area contributed by atoms with E-state index < -0.39 is 16.1 Å². The topological polar surface area (TPSA) is 76.1 Å². The molecule has 1 atom stereocenters. The van der Waals surface area contributed by atoms with Gasteiger partial charge in [0.25, 0.3) is 10.0 Å². The van der Waals surface area contributed by atoms with Crippen molar-refractivity contribution in [3.05, 3.63) is 84.9 Å². The zero-order chi connectivity index (χ0) is 20.7. The summed E-state index contributed by atoms with van der Waals surface area (Å²) in [5.74, 6) is 0.990. The maximum absolute atomic E-state index is 13.3. The summed E-state index contributed by atoms with van der Waals surface area (Å²) in [6.45, 7) is -0.246. The smallest absolute Gasteiger partial charge is 0.264 e. The van der Waals surface area contributed by atoms with E-state index in [0.717, 1.165) is 4.31 Å². The highest BCUT2D eigenvalue weighted by atomic mass is 32.2. The second-order valence-electron chi connectivity index (χ2n) is 6.30. The lowest BCUT2D eigenvalue weighted by Gasteiger charge is -2.28. The molecule has 0 amide bonds. The fourth-order valence-electron chi connectivity index (χ4n) is 2.83. The molecule has 0 aliphatic heterocycles. The number of ether oxygens (including phenoxy) is 2. The largest absolute Gasteiger partial charge is 0.495 e. The number of para-hydroxylation sites is 3. The summed E-state index contributed by atoms with van der Waals surface area (Å²) >= 11 is 0. The van der Waals surface area contributed by atoms with Crippen LogP contribution in [0.25, 0.3) is 0 Å². The van der Waals surface area contributed by atoms with Crippen molar-refractivity contribution in [2.75, 3.05) is 24.6 Å². The molecule has 0 saturated heterocycles. The Morgan fingerprint density at radius 1 is 0.897 bits per heavy atom. The second kappa shape index (κ2) is 9.45. The van der Waals surface area contributed by atoms with E-state index >= 15 is 0 Å². The first-order valence-electron chi connectivity index (χ1n) is 9.09. The molecule has 0 saturated carbocycles. The van der Waals surface area contributed by atoms with Crippen LogP contribution < -0.4 is 13.8 Å². The second-order valence-corrected chi connectivity index (χ2v) is 8.16. The molecule has 0 heterocycles. The summed E-state index contributed by atoms with van der Waals surface area (Å²) < 4.78 is 38.7. The molecule has 6 nitrogen and oxygen atoms in total. The first-order chi connectivity index (χ1) is 14.0. The van der Waals surface area contributed by atoms with E-state index in [1.807, 2.05) is 18.2 Å². The van der Waals surface area contributed by atoms with Gasteiger partial charge in [-0.05, 0) is 36.4 Å². The minimum absolute atomic E-state index is 0.0556. The minimum Gasteiger partial charge on any atom is -0.495 e. The van der Waals surface area contributed by atoms with Gasteiger partial charge >= 0.3 is 0 Å². The van der Waals surface area contributed by atoms with Crippen LogP contribution >= 0.6 is 0 Å². The third-order valence-electron chi connectivity index (χ3n) is 4.25. The summed E-state index contributed by atoms with van der Waals surface area (Å²) in [6, 6.07) is 23.9. The van der Waals surface area contributed by atoms with Crippen LogP contribution in [-0.2, 0) is 10.0 Å². The predicted molar refractivity (Wildman–Crippen MR) is 112 cm³/mol. The summed E-state index contributed by atoms with van der Waals surface area (Å²) in [6.07, 6.45) is -1.06. The Bertz CT molecular complexity index is 1010. The van der Waals surface area contributed by atoms with Gasteiger partial charge in [0.15, 0.2) is 0 Å². The molecule has 0 spiro atoms. The summed E-state index contributed by atoms with van der Waals surface area (Å²) in [7, 11) is -2.45. The van der Waals surface area contributed by atoms with Gasteiger partial charge in [-0.25, -0.2) is 8.42 Å². The molecule has 1 unspecified atom stereocenters. The molecule has 152 valence electrons. The van der Waals surface area contributed by atoms with Crippen molar-refractivity contribution >= 4 is 15.7 Å². The standard InChI is InChI=1S/C22H23NO5S/c1-27-22-15-9-8-14-21(22)23(29(25,26)20-12-6-3-7-13-20)16-18(24)17-28-19-10-4-2-5-11-19/h2-15,18,24H,16-17H2,1H3. The van der Waals surface area contributed by atoms with Crippen LogP contribution in [0.3, 0.4) is 0 Å². The molecule has 3 aromatic rings. The van der Waals surface area contributed by atoms with E-state index in [-0.39, 0.29) is 18.0 Å². The maximum Gasteiger partial charge on any atom is 0.264 e. The zero-order valence-electron chi connectivity index (χ0n) is 16.0. The Hall–Kier alpha value is -3.03. The van der Waals surface area contributed by atoms with Crippen LogP contribution in [0.1, 0.15) is 0 Å². The highest BCUT2D eigenvalue weighted by molar-refractivity contribution is 7.92. The third kappa shape index (κ3) is 5.07. The highest BCUT2D eigenvalue weighted by Gasteiger charge is 2.29. The van der Waals surface area contributed by atoms with Gasteiger partial charge in [-0.2, -0.15) is 0 Å². The summed E-state index contributed by atoms with van der Waals surface area (Å²) in [5, 5.41) is 10.5. The lowest BCUT2D eigenvalue weighted by Crippen LogP contribution is -2.40. The van der Waals surface area contributed by atoms with E-state index in [2.05, 4.69) is 0 Å². The normalized spacial score (nSPS) is 12.2. The number of hydrogen-bond acceptors (Lipinski definition) is 5. The maximum atomic E-state index is 13.3. The van der Waals surface area contributed by atoms with Crippen molar-refractivity contribution < 1.29 is 23.0 Å². The van der Waals surface area contributed by atoms with Crippen LogP contribution in [-0.4, -0.2) is 39.9 Å². The molecule has 0 aliphatic rings. The van der Waals surface area contributed by atoms with Crippen molar-refractivity contribution in [2.45, 2.75) is 11.0 Å². The van der Waals surface area contributed by atoms with E-state index in [9.17, 15) is 13.5 Å². The fourth-order valence-corrected chi connectivity index (χ4v) is 4.37. The first-order valence-corrected chi connectivity index (χ1v) is 10.5. The number of anilines is 1. The van der Waals surface area contributed by atoms with Crippen LogP contribution in [0.4, 0.5) is 5.69 Å². The van der Waals surface area contributed by atoms with Gasteiger partial charge in [0.05, 0.1) is 24.2 Å². The van der Waals surface area contributed by atoms with Gasteiger partial charge in [-0.15, -0.1) is 0 Å². The Balaban J connectivity index is 1.89. The molecule has 1 N–H and O–H groups in total. The molecule has 0 bridgehead atoms. The van der Waals surface area contributed by atoms with Crippen LogP contribution in [0, 0.1) is 0 Å². The van der Waals surface area contributed by atoms with Crippen molar-refractivity contribution in [3.8, 4) is 11.5 Å². The number of aliphatic hydroxyl groups excluding tert-OH is 1. The van der Waals surface area contributed by atoms with Gasteiger partial charge < -0.3 is 14.6 Å². The van der Waals surface area contributed by atoms with Gasteiger partial charge in [-0.1, -0.05) is 48.5 Å². The Kier molecular flexibility index (Phi) is 6.74. The number of rotatable bonds is 9. The van der Waals surface area contributed by atoms with Crippen molar-refractivity contribution in [3.63, 3.8) is 0 Å². The average Bonchev–Trinajstić information content (AvgIpc) is 2.77. The predicted octanol–water partition coefficient (Wildman–Crippen LogP) is 3.33. The number of aliphatic hydroxyl groups is 1. The van der Waals surface area contributed by atoms with Crippen LogP contribution in [0.15, 0.2) is 89.8 Å². The number of benzene rings is 3. The summed E-state index contributed by atoms with van der Waals surface area (Å²) in [4.78, 5) is 0.127. The van der Waals surface area contributed by atoms with Gasteiger partial charge in [0.2, 0.25) is 0 Å². The van der Waals surface area contributed by atoms with Crippen LogP contribution in [0.2, 0.25) is 0 Å². The Morgan fingerprint density at radius 2 is 1.48 bits per heavy atom. The average molecular weight is 413 g/mol. The number of methoxy groups -OCH3 is 1. The SMILES string of the molecule is COc1ccccc1N(CC(O)COc1ccccc1)S(=O)(=O)c1ccccc1. The molecule has 3 aromatic carbocycles. The monoisotopic (exact) mass is 413 g/mol. The Morgan fingerprint density at radius 3 is 2.14 bits per heavy atom. The number of sulfonamides is 1. The van der Waals surface area contributed by atoms with Crippen LogP contribution in [0.5, 0.6) is 11.5 Å². The first kappa shape index (κ1) is 20.7. The molecule has 0 aliphatic carbocycles. The molecule has 3 rings (SSSR count). The molecule has 0 aromatic heterocycles. The van der Waals surface area contributed by atoms with Crippen molar-refractivity contribution in [1.29, 1.82) is 0 Å². The molecular weight excluding hydrogens is 390 g/mol.